The molecule has 1 fully saturated rings. The number of carbonyl (C=O) groups excluding carboxylic acids is 2. The molecule has 3 aromatic rings. The highest BCUT2D eigenvalue weighted by Crippen LogP contribution is 2.30. The van der Waals surface area contributed by atoms with Gasteiger partial charge in [0.15, 0.2) is 5.11 Å². The fraction of sp³-hybridized carbons (Fsp3) is 0.222. The standard InChI is InChI=1S/C27H27ClN4O4S/c1-35-22-9-6-10-23(36-2)24(22)25(33)30-27(37)29-19-11-12-21(20(28)17-19)31-13-15-32(16-14-31)26(34)18-7-4-3-5-8-18/h3-12,17H,13-16H2,1-2H3,(H2,29,30,33,37). The van der Waals surface area contributed by atoms with Gasteiger partial charge in [-0.15, -0.1) is 0 Å². The van der Waals surface area contributed by atoms with Crippen LogP contribution in [0.1, 0.15) is 20.7 Å². The number of nitrogens with one attached hydrogen (secondary N) is 2. The third-order valence-corrected chi connectivity index (χ3v) is 6.52. The predicted molar refractivity (Wildman–Crippen MR) is 149 cm³/mol. The first-order chi connectivity index (χ1) is 17.9. The molecule has 2 amide bonds. The summed E-state index contributed by atoms with van der Waals surface area (Å²) in [6.07, 6.45) is 0. The minimum absolute atomic E-state index is 0.0344. The molecule has 37 heavy (non-hydrogen) atoms. The second-order valence-corrected chi connectivity index (χ2v) is 9.07. The molecule has 0 bridgehead atoms. The number of carbonyl (C=O) groups is 2. The second-order valence-electron chi connectivity index (χ2n) is 8.26. The number of methoxy groups -OCH3 is 2. The highest BCUT2D eigenvalue weighted by atomic mass is 35.5. The smallest absolute Gasteiger partial charge is 0.264 e. The van der Waals surface area contributed by atoms with Gasteiger partial charge in [0, 0.05) is 37.4 Å². The summed E-state index contributed by atoms with van der Waals surface area (Å²) in [4.78, 5) is 29.6. The number of nitrogens with zero attached hydrogens (tertiary/aromatic N) is 2. The molecule has 1 heterocycles. The lowest BCUT2D eigenvalue weighted by Gasteiger charge is -2.36. The molecule has 4 rings (SSSR count). The van der Waals surface area contributed by atoms with Crippen LogP contribution in [-0.4, -0.2) is 62.2 Å². The summed E-state index contributed by atoms with van der Waals surface area (Å²) in [6.45, 7) is 2.54. The Morgan fingerprint density at radius 1 is 0.892 bits per heavy atom. The highest BCUT2D eigenvalue weighted by Gasteiger charge is 2.24. The highest BCUT2D eigenvalue weighted by molar-refractivity contribution is 7.80. The van der Waals surface area contributed by atoms with E-state index in [4.69, 9.17) is 33.3 Å². The Morgan fingerprint density at radius 3 is 2.14 bits per heavy atom. The molecular weight excluding hydrogens is 512 g/mol. The molecule has 0 aliphatic carbocycles. The van der Waals surface area contributed by atoms with Crippen LogP contribution in [0.2, 0.25) is 5.02 Å². The molecule has 0 unspecified atom stereocenters. The van der Waals surface area contributed by atoms with Crippen molar-refractivity contribution in [1.29, 1.82) is 0 Å². The third-order valence-electron chi connectivity index (χ3n) is 6.02. The summed E-state index contributed by atoms with van der Waals surface area (Å²) in [7, 11) is 2.96. The predicted octanol–water partition coefficient (Wildman–Crippen LogP) is 4.45. The van der Waals surface area contributed by atoms with Gasteiger partial charge in [-0.25, -0.2) is 0 Å². The van der Waals surface area contributed by atoms with Crippen LogP contribution in [-0.2, 0) is 0 Å². The zero-order valence-corrected chi connectivity index (χ0v) is 22.1. The van der Waals surface area contributed by atoms with Crippen LogP contribution in [0.25, 0.3) is 0 Å². The maximum absolute atomic E-state index is 12.8. The van der Waals surface area contributed by atoms with Crippen molar-refractivity contribution in [3.8, 4) is 11.5 Å². The third kappa shape index (κ3) is 6.12. The number of thiocarbonyl (C=S) groups is 1. The topological polar surface area (TPSA) is 83.1 Å². The summed E-state index contributed by atoms with van der Waals surface area (Å²) in [5.41, 5.74) is 2.43. The van der Waals surface area contributed by atoms with Gasteiger partial charge in [0.1, 0.15) is 17.1 Å². The number of amides is 2. The Balaban J connectivity index is 1.36. The van der Waals surface area contributed by atoms with Crippen molar-refractivity contribution in [3.63, 3.8) is 0 Å². The van der Waals surface area contributed by atoms with E-state index in [1.165, 1.54) is 14.2 Å². The van der Waals surface area contributed by atoms with E-state index in [9.17, 15) is 9.59 Å². The number of hydrogen-bond donors (Lipinski definition) is 2. The van der Waals surface area contributed by atoms with Crippen molar-refractivity contribution >= 4 is 52.1 Å². The lowest BCUT2D eigenvalue weighted by atomic mass is 10.1. The van der Waals surface area contributed by atoms with E-state index in [2.05, 4.69) is 15.5 Å². The lowest BCUT2D eigenvalue weighted by Crippen LogP contribution is -2.48. The Kier molecular flexibility index (Phi) is 8.47. The van der Waals surface area contributed by atoms with Crippen molar-refractivity contribution in [2.24, 2.45) is 0 Å². The Hall–Kier alpha value is -3.82. The molecule has 0 aromatic heterocycles. The second kappa shape index (κ2) is 11.9. The van der Waals surface area contributed by atoms with Crippen LogP contribution in [0.15, 0.2) is 66.7 Å². The molecule has 2 N–H and O–H groups in total. The van der Waals surface area contributed by atoms with E-state index < -0.39 is 5.91 Å². The van der Waals surface area contributed by atoms with Crippen molar-refractivity contribution < 1.29 is 19.1 Å². The number of benzene rings is 3. The van der Waals surface area contributed by atoms with Gasteiger partial charge in [0.25, 0.3) is 11.8 Å². The van der Waals surface area contributed by atoms with Crippen molar-refractivity contribution in [2.45, 2.75) is 0 Å². The molecule has 1 aliphatic heterocycles. The van der Waals surface area contributed by atoms with Crippen molar-refractivity contribution in [3.05, 3.63) is 82.9 Å². The summed E-state index contributed by atoms with van der Waals surface area (Å²) in [5, 5.41) is 6.28. The van der Waals surface area contributed by atoms with Crippen molar-refractivity contribution in [1.82, 2.24) is 10.2 Å². The molecule has 0 saturated carbocycles. The average molecular weight is 539 g/mol. The normalized spacial score (nSPS) is 13.1. The van der Waals surface area contributed by atoms with Crippen LogP contribution < -0.4 is 25.0 Å². The first-order valence-corrected chi connectivity index (χ1v) is 12.4. The first-order valence-electron chi connectivity index (χ1n) is 11.6. The molecule has 0 atom stereocenters. The molecular formula is C27H27ClN4O4S. The zero-order chi connectivity index (χ0) is 26.4. The van der Waals surface area contributed by atoms with Gasteiger partial charge in [-0.3, -0.25) is 14.9 Å². The lowest BCUT2D eigenvalue weighted by molar-refractivity contribution is 0.0746. The Labute approximate surface area is 226 Å². The Morgan fingerprint density at radius 2 is 1.54 bits per heavy atom. The number of hydrogen-bond acceptors (Lipinski definition) is 6. The van der Waals surface area contributed by atoms with E-state index in [1.807, 2.05) is 47.4 Å². The fourth-order valence-corrected chi connectivity index (χ4v) is 4.67. The van der Waals surface area contributed by atoms with Crippen LogP contribution in [0.4, 0.5) is 11.4 Å². The zero-order valence-electron chi connectivity index (χ0n) is 20.5. The van der Waals surface area contributed by atoms with E-state index in [1.54, 1.807) is 24.3 Å². The van der Waals surface area contributed by atoms with E-state index in [-0.39, 0.29) is 16.6 Å². The van der Waals surface area contributed by atoms with E-state index in [0.29, 0.717) is 54.0 Å². The first kappa shape index (κ1) is 26.2. The fourth-order valence-electron chi connectivity index (χ4n) is 4.16. The van der Waals surface area contributed by atoms with Gasteiger partial charge in [0.2, 0.25) is 0 Å². The summed E-state index contributed by atoms with van der Waals surface area (Å²) < 4.78 is 10.6. The SMILES string of the molecule is COc1cccc(OC)c1C(=O)NC(=S)Nc1ccc(N2CCN(C(=O)c3ccccc3)CC2)c(Cl)c1. The van der Waals surface area contributed by atoms with Crippen molar-refractivity contribution in [2.75, 3.05) is 50.6 Å². The van der Waals surface area contributed by atoms with E-state index >= 15 is 0 Å². The maximum atomic E-state index is 12.8. The quantitative estimate of drug-likeness (QED) is 0.449. The molecule has 0 spiro atoms. The number of anilines is 2. The summed E-state index contributed by atoms with van der Waals surface area (Å²) >= 11 is 11.9. The van der Waals surface area contributed by atoms with Gasteiger partial charge in [0.05, 0.1) is 24.9 Å². The number of ether oxygens (including phenoxy) is 2. The average Bonchev–Trinajstić information content (AvgIpc) is 2.92. The molecule has 10 heteroatoms. The van der Waals surface area contributed by atoms with Gasteiger partial charge in [-0.2, -0.15) is 0 Å². The van der Waals surface area contributed by atoms with Crippen LogP contribution >= 0.6 is 23.8 Å². The van der Waals surface area contributed by atoms with E-state index in [0.717, 1.165) is 5.69 Å². The summed E-state index contributed by atoms with van der Waals surface area (Å²) in [6, 6.07) is 19.8. The van der Waals surface area contributed by atoms with Gasteiger partial charge >= 0.3 is 0 Å². The molecule has 3 aromatic carbocycles. The molecule has 192 valence electrons. The largest absolute Gasteiger partial charge is 0.496 e. The van der Waals surface area contributed by atoms with Crippen LogP contribution in [0, 0.1) is 0 Å². The summed E-state index contributed by atoms with van der Waals surface area (Å²) in [5.74, 6) is 0.319. The number of rotatable bonds is 6. The maximum Gasteiger partial charge on any atom is 0.264 e. The van der Waals surface area contributed by atoms with Gasteiger partial charge in [-0.1, -0.05) is 35.9 Å². The van der Waals surface area contributed by atoms with Gasteiger partial charge in [-0.05, 0) is 54.7 Å². The minimum atomic E-state index is -0.461. The van der Waals surface area contributed by atoms with Gasteiger partial charge < -0.3 is 24.6 Å². The molecule has 8 nitrogen and oxygen atoms in total. The van der Waals surface area contributed by atoms with Crippen LogP contribution in [0.3, 0.4) is 0 Å². The molecule has 0 radical (unpaired) electrons. The van der Waals surface area contributed by atoms with Crippen LogP contribution in [0.5, 0.6) is 11.5 Å². The number of piperazine rings is 1. The molecule has 1 aliphatic rings. The Bertz CT molecular complexity index is 1270. The minimum Gasteiger partial charge on any atom is -0.496 e. The monoisotopic (exact) mass is 538 g/mol. The number of halogens is 1. The molecule has 1 saturated heterocycles.